The van der Waals surface area contributed by atoms with E-state index in [2.05, 4.69) is 10.3 Å². The van der Waals surface area contributed by atoms with E-state index >= 15 is 0 Å². The first kappa shape index (κ1) is 27.3. The van der Waals surface area contributed by atoms with Crippen LogP contribution in [0.15, 0.2) is 70.1 Å². The Labute approximate surface area is 227 Å². The molecule has 9 nitrogen and oxygen atoms in total. The van der Waals surface area contributed by atoms with Gasteiger partial charge in [0.15, 0.2) is 16.7 Å². The van der Waals surface area contributed by atoms with Crippen LogP contribution >= 0.6 is 11.8 Å². The van der Waals surface area contributed by atoms with Gasteiger partial charge in [-0.15, -0.1) is 0 Å². The first-order valence-corrected chi connectivity index (χ1v) is 13.0. The van der Waals surface area contributed by atoms with Crippen LogP contribution in [0, 0.1) is 0 Å². The topological polar surface area (TPSA) is 102 Å². The van der Waals surface area contributed by atoms with Crippen LogP contribution in [0.1, 0.15) is 51.3 Å². The average molecular weight is 537 g/mol. The smallest absolute Gasteiger partial charge is 0.338 e. The molecule has 1 atom stereocenters. The fourth-order valence-electron chi connectivity index (χ4n) is 4.32. The lowest BCUT2D eigenvalue weighted by Gasteiger charge is -2.37. The molecule has 1 unspecified atom stereocenters. The molecule has 0 radical (unpaired) electrons. The molecular weight excluding hydrogens is 504 g/mol. The predicted octanol–water partition coefficient (Wildman–Crippen LogP) is 4.72. The third-order valence-electron chi connectivity index (χ3n) is 5.90. The van der Waals surface area contributed by atoms with Crippen molar-refractivity contribution in [1.82, 2.24) is 15.2 Å². The lowest BCUT2D eigenvalue weighted by Crippen LogP contribution is -2.39. The van der Waals surface area contributed by atoms with E-state index in [4.69, 9.17) is 19.2 Å². The van der Waals surface area contributed by atoms with Crippen molar-refractivity contribution in [2.24, 2.45) is 4.99 Å². The number of esters is 1. The van der Waals surface area contributed by atoms with Gasteiger partial charge in [-0.3, -0.25) is 9.78 Å². The number of nitrogens with one attached hydrogen (secondary N) is 1. The van der Waals surface area contributed by atoms with Gasteiger partial charge in [-0.25, -0.2) is 9.79 Å². The molecule has 2 aromatic rings. The summed E-state index contributed by atoms with van der Waals surface area (Å²) in [5, 5.41) is 5.51. The third kappa shape index (κ3) is 5.85. The van der Waals surface area contributed by atoms with Gasteiger partial charge in [-0.05, 0) is 50.8 Å². The number of aliphatic imine (C=N–C) groups is 1. The Balaban J connectivity index is 1.71. The molecule has 0 fully saturated rings. The number of carbonyl (C=O) groups is 2. The van der Waals surface area contributed by atoms with Crippen molar-refractivity contribution in [2.75, 3.05) is 14.2 Å². The van der Waals surface area contributed by atoms with Gasteiger partial charge in [0.25, 0.3) is 0 Å². The number of allylic oxidation sites excluding steroid dienone is 1. The number of carbonyl (C=O) groups excluding carboxylic acids is 2. The van der Waals surface area contributed by atoms with E-state index in [0.717, 1.165) is 5.56 Å². The molecule has 1 aromatic heterocycles. The van der Waals surface area contributed by atoms with E-state index in [1.54, 1.807) is 39.6 Å². The lowest BCUT2D eigenvalue weighted by molar-refractivity contribution is -0.150. The number of para-hydroxylation sites is 1. The van der Waals surface area contributed by atoms with Crippen LogP contribution in [0.2, 0.25) is 0 Å². The van der Waals surface area contributed by atoms with E-state index in [1.165, 1.54) is 11.8 Å². The molecule has 1 N–H and O–H groups in total. The highest BCUT2D eigenvalue weighted by atomic mass is 32.2. The first-order valence-electron chi connectivity index (χ1n) is 12.2. The number of hydrogen-bond donors (Lipinski definition) is 1. The van der Waals surface area contributed by atoms with Crippen LogP contribution in [0.4, 0.5) is 0 Å². The van der Waals surface area contributed by atoms with Gasteiger partial charge < -0.3 is 24.4 Å². The van der Waals surface area contributed by atoms with Crippen molar-refractivity contribution in [2.45, 2.75) is 52.3 Å². The number of rotatable bonds is 8. The van der Waals surface area contributed by atoms with Crippen molar-refractivity contribution in [3.05, 3.63) is 76.2 Å². The highest BCUT2D eigenvalue weighted by Gasteiger charge is 2.43. The molecule has 10 heteroatoms. The van der Waals surface area contributed by atoms with E-state index in [-0.39, 0.29) is 12.3 Å². The normalized spacial score (nSPS) is 16.9. The highest BCUT2D eigenvalue weighted by molar-refractivity contribution is 8.16. The van der Waals surface area contributed by atoms with E-state index in [1.807, 2.05) is 55.3 Å². The van der Waals surface area contributed by atoms with Crippen LogP contribution < -0.4 is 14.8 Å². The molecule has 2 aliphatic heterocycles. The number of nitrogens with zero attached hydrogens (tertiary/aromatic N) is 3. The number of ether oxygens (including phenoxy) is 3. The monoisotopic (exact) mass is 536 g/mol. The SMILES string of the molecule is COc1cccc(C2C(C(=O)OC(C)(C)C)=C(C)N=C3SC=C(CC(=O)NCc4cccnc4)N32)c1OC. The largest absolute Gasteiger partial charge is 0.493 e. The molecule has 0 saturated heterocycles. The molecule has 38 heavy (non-hydrogen) atoms. The zero-order chi connectivity index (χ0) is 27.4. The lowest BCUT2D eigenvalue weighted by atomic mass is 9.92. The number of amides is 1. The number of aromatic nitrogens is 1. The van der Waals surface area contributed by atoms with Crippen molar-refractivity contribution < 1.29 is 23.8 Å². The number of methoxy groups -OCH3 is 2. The number of amidine groups is 1. The molecular formula is C28H32N4O5S. The Bertz CT molecular complexity index is 1310. The maximum atomic E-state index is 13.6. The second kappa shape index (κ2) is 11.3. The van der Waals surface area contributed by atoms with Crippen LogP contribution in [0.25, 0.3) is 0 Å². The van der Waals surface area contributed by atoms with Crippen LogP contribution in [0.3, 0.4) is 0 Å². The van der Waals surface area contributed by atoms with Gasteiger partial charge in [0.1, 0.15) is 5.60 Å². The average Bonchev–Trinajstić information content (AvgIpc) is 3.27. The minimum Gasteiger partial charge on any atom is -0.493 e. The zero-order valence-electron chi connectivity index (χ0n) is 22.4. The summed E-state index contributed by atoms with van der Waals surface area (Å²) >= 11 is 1.41. The molecule has 0 saturated carbocycles. The van der Waals surface area contributed by atoms with Gasteiger partial charge >= 0.3 is 5.97 Å². The maximum absolute atomic E-state index is 13.6. The van der Waals surface area contributed by atoms with Crippen molar-refractivity contribution in [3.63, 3.8) is 0 Å². The number of fused-ring (bicyclic) bond motifs is 1. The van der Waals surface area contributed by atoms with Crippen LogP contribution in [-0.2, 0) is 20.9 Å². The number of benzene rings is 1. The summed E-state index contributed by atoms with van der Waals surface area (Å²) in [6, 6.07) is 8.61. The molecule has 0 aliphatic carbocycles. The molecule has 4 rings (SSSR count). The molecule has 0 bridgehead atoms. The van der Waals surface area contributed by atoms with Crippen LogP contribution in [-0.4, -0.2) is 46.7 Å². The van der Waals surface area contributed by atoms with Gasteiger partial charge in [0, 0.05) is 30.2 Å². The molecule has 200 valence electrons. The minimum absolute atomic E-state index is 0.0930. The van der Waals surface area contributed by atoms with Gasteiger partial charge in [-0.2, -0.15) is 0 Å². The number of hydrogen-bond acceptors (Lipinski definition) is 9. The first-order chi connectivity index (χ1) is 18.1. The zero-order valence-corrected chi connectivity index (χ0v) is 23.2. The summed E-state index contributed by atoms with van der Waals surface area (Å²) in [5.74, 6) is 0.377. The fraction of sp³-hybridized carbons (Fsp3) is 0.357. The predicted molar refractivity (Wildman–Crippen MR) is 146 cm³/mol. The minimum atomic E-state index is -0.706. The summed E-state index contributed by atoms with van der Waals surface area (Å²) in [6.45, 7) is 7.63. The Morgan fingerprint density at radius 1 is 1.13 bits per heavy atom. The van der Waals surface area contributed by atoms with Gasteiger partial charge in [0.2, 0.25) is 5.91 Å². The molecule has 3 heterocycles. The van der Waals surface area contributed by atoms with E-state index in [0.29, 0.717) is 45.7 Å². The third-order valence-corrected chi connectivity index (χ3v) is 6.79. The molecule has 0 spiro atoms. The highest BCUT2D eigenvalue weighted by Crippen LogP contribution is 2.48. The summed E-state index contributed by atoms with van der Waals surface area (Å²) < 4.78 is 17.1. The Morgan fingerprint density at radius 2 is 1.92 bits per heavy atom. The van der Waals surface area contributed by atoms with Gasteiger partial charge in [-0.1, -0.05) is 30.0 Å². The summed E-state index contributed by atoms with van der Waals surface area (Å²) in [7, 11) is 3.12. The molecule has 1 amide bonds. The second-order valence-corrected chi connectivity index (χ2v) is 10.6. The fourth-order valence-corrected chi connectivity index (χ4v) is 5.28. The second-order valence-electron chi connectivity index (χ2n) is 9.79. The van der Waals surface area contributed by atoms with E-state index < -0.39 is 17.6 Å². The summed E-state index contributed by atoms with van der Waals surface area (Å²) in [5.41, 5.74) is 2.52. The number of pyridine rings is 1. The summed E-state index contributed by atoms with van der Waals surface area (Å²) in [4.78, 5) is 37.3. The van der Waals surface area contributed by atoms with Crippen molar-refractivity contribution in [1.29, 1.82) is 0 Å². The van der Waals surface area contributed by atoms with E-state index in [9.17, 15) is 9.59 Å². The molecule has 2 aliphatic rings. The maximum Gasteiger partial charge on any atom is 0.338 e. The Kier molecular flexibility index (Phi) is 8.11. The standard InChI is InChI=1S/C28H32N4O5S/c1-17-23(26(34)37-28(2,3)4)24(20-10-7-11-21(35-5)25(20)36-6)32-19(16-38-27(32)31-17)13-22(33)30-15-18-9-8-12-29-14-18/h7-12,14,16,24H,13,15H2,1-6H3,(H,30,33). The van der Waals surface area contributed by atoms with Crippen LogP contribution in [0.5, 0.6) is 11.5 Å². The van der Waals surface area contributed by atoms with Gasteiger partial charge in [0.05, 0.1) is 38.0 Å². The molecule has 1 aromatic carbocycles. The Hall–Kier alpha value is -3.79. The Morgan fingerprint density at radius 3 is 2.58 bits per heavy atom. The van der Waals surface area contributed by atoms with Crippen molar-refractivity contribution in [3.8, 4) is 11.5 Å². The number of thioether (sulfide) groups is 1. The summed E-state index contributed by atoms with van der Waals surface area (Å²) in [6.07, 6.45) is 3.50. The van der Waals surface area contributed by atoms with Crippen molar-refractivity contribution >= 4 is 28.8 Å². The quantitative estimate of drug-likeness (QED) is 0.484.